The van der Waals surface area contributed by atoms with E-state index in [0.29, 0.717) is 5.69 Å². The quantitative estimate of drug-likeness (QED) is 0.649. The number of amides is 1. The number of rotatable bonds is 6. The molecule has 2 heterocycles. The molecule has 0 bridgehead atoms. The van der Waals surface area contributed by atoms with Crippen LogP contribution in [-0.4, -0.2) is 32.7 Å². The Balaban J connectivity index is 1.72. The Labute approximate surface area is 156 Å². The van der Waals surface area contributed by atoms with Gasteiger partial charge in [0, 0.05) is 36.9 Å². The molecule has 3 rings (SSSR count). The van der Waals surface area contributed by atoms with Crippen molar-refractivity contribution in [3.63, 3.8) is 0 Å². The van der Waals surface area contributed by atoms with Gasteiger partial charge in [0.05, 0.1) is 0 Å². The van der Waals surface area contributed by atoms with E-state index in [1.54, 1.807) is 37.4 Å². The summed E-state index contributed by atoms with van der Waals surface area (Å²) in [6.07, 6.45) is 3.29. The predicted octanol–water partition coefficient (Wildman–Crippen LogP) is 3.36. The molecule has 1 atom stereocenters. The molecule has 26 heavy (non-hydrogen) atoms. The van der Waals surface area contributed by atoms with Crippen molar-refractivity contribution >= 4 is 29.0 Å². The van der Waals surface area contributed by atoms with Crippen LogP contribution in [0.3, 0.4) is 0 Å². The first kappa shape index (κ1) is 17.9. The van der Waals surface area contributed by atoms with Gasteiger partial charge in [-0.15, -0.1) is 10.2 Å². The van der Waals surface area contributed by atoms with Crippen molar-refractivity contribution in [2.24, 2.45) is 7.05 Å². The van der Waals surface area contributed by atoms with Crippen LogP contribution >= 0.6 is 11.8 Å². The molecule has 8 heteroatoms. The summed E-state index contributed by atoms with van der Waals surface area (Å²) in [6.45, 7) is 2.10. The first-order valence-electron chi connectivity index (χ1n) is 8.12. The Kier molecular flexibility index (Phi) is 5.52. The Bertz CT molecular complexity index is 910. The van der Waals surface area contributed by atoms with E-state index in [2.05, 4.69) is 32.7 Å². The molecule has 0 spiro atoms. The van der Waals surface area contributed by atoms with Crippen molar-refractivity contribution in [1.82, 2.24) is 19.7 Å². The van der Waals surface area contributed by atoms with Gasteiger partial charge in [0.25, 0.3) is 5.91 Å². The Morgan fingerprint density at radius 2 is 2.08 bits per heavy atom. The fourth-order valence-electron chi connectivity index (χ4n) is 2.38. The summed E-state index contributed by atoms with van der Waals surface area (Å²) >= 11 is 1.61. The summed E-state index contributed by atoms with van der Waals surface area (Å²) in [5.41, 5.74) is 3.03. The number of hydrogen-bond acceptors (Lipinski definition) is 6. The van der Waals surface area contributed by atoms with Gasteiger partial charge in [0.2, 0.25) is 0 Å². The molecular formula is C18H20N6OS. The Morgan fingerprint density at radius 1 is 1.23 bits per heavy atom. The van der Waals surface area contributed by atoms with Gasteiger partial charge < -0.3 is 15.2 Å². The summed E-state index contributed by atoms with van der Waals surface area (Å²) in [7, 11) is 3.72. The largest absolute Gasteiger partial charge is 0.388 e. The molecular weight excluding hydrogens is 348 g/mol. The standard InChI is InChI=1S/C18H20N6OS/c1-12(26-18-23-21-11-24(18)3)13-5-4-6-15(9-13)22-17(25)16-10-14(19-2)7-8-20-16/h4-12H,1-3H3,(H,19,20)(H,22,25). The fourth-order valence-corrected chi connectivity index (χ4v) is 3.29. The van der Waals surface area contributed by atoms with E-state index in [4.69, 9.17) is 0 Å². The Hall–Kier alpha value is -2.87. The molecule has 2 aromatic heterocycles. The molecule has 2 N–H and O–H groups in total. The highest BCUT2D eigenvalue weighted by atomic mass is 32.2. The second kappa shape index (κ2) is 8.01. The molecule has 1 amide bonds. The third kappa shape index (κ3) is 4.20. The zero-order chi connectivity index (χ0) is 18.5. The van der Waals surface area contributed by atoms with Crippen LogP contribution in [0.5, 0.6) is 0 Å². The molecule has 0 aliphatic heterocycles. The molecule has 1 aromatic carbocycles. The van der Waals surface area contributed by atoms with Gasteiger partial charge in [-0.1, -0.05) is 23.9 Å². The summed E-state index contributed by atoms with van der Waals surface area (Å²) in [5, 5.41) is 14.9. The van der Waals surface area contributed by atoms with Crippen molar-refractivity contribution in [1.29, 1.82) is 0 Å². The third-order valence-electron chi connectivity index (χ3n) is 3.85. The van der Waals surface area contributed by atoms with E-state index in [0.717, 1.165) is 22.1 Å². The molecule has 3 aromatic rings. The zero-order valence-corrected chi connectivity index (χ0v) is 15.6. The average molecular weight is 368 g/mol. The minimum Gasteiger partial charge on any atom is -0.388 e. The van der Waals surface area contributed by atoms with Crippen LogP contribution in [-0.2, 0) is 7.05 Å². The number of aromatic nitrogens is 4. The van der Waals surface area contributed by atoms with E-state index >= 15 is 0 Å². The van der Waals surface area contributed by atoms with Crippen LogP contribution in [0.1, 0.15) is 28.2 Å². The van der Waals surface area contributed by atoms with Gasteiger partial charge in [-0.2, -0.15) is 0 Å². The highest BCUT2D eigenvalue weighted by Gasteiger charge is 2.13. The number of anilines is 2. The predicted molar refractivity (Wildman–Crippen MR) is 103 cm³/mol. The molecule has 134 valence electrons. The van der Waals surface area contributed by atoms with Crippen LogP contribution < -0.4 is 10.6 Å². The molecule has 0 radical (unpaired) electrons. The van der Waals surface area contributed by atoms with E-state index < -0.39 is 0 Å². The molecule has 0 saturated carbocycles. The van der Waals surface area contributed by atoms with Gasteiger partial charge >= 0.3 is 0 Å². The van der Waals surface area contributed by atoms with Crippen LogP contribution in [0.15, 0.2) is 54.1 Å². The number of thioether (sulfide) groups is 1. The highest BCUT2D eigenvalue weighted by Crippen LogP contribution is 2.34. The van der Waals surface area contributed by atoms with Crippen LogP contribution in [0, 0.1) is 0 Å². The lowest BCUT2D eigenvalue weighted by Crippen LogP contribution is -2.14. The molecule has 0 fully saturated rings. The summed E-state index contributed by atoms with van der Waals surface area (Å²) in [5.74, 6) is -0.243. The van der Waals surface area contributed by atoms with E-state index in [1.165, 1.54) is 0 Å². The number of pyridine rings is 1. The van der Waals surface area contributed by atoms with Gasteiger partial charge in [0.1, 0.15) is 12.0 Å². The number of nitrogens with zero attached hydrogens (tertiary/aromatic N) is 4. The van der Waals surface area contributed by atoms with E-state index in [1.807, 2.05) is 41.9 Å². The minimum absolute atomic E-state index is 0.167. The zero-order valence-electron chi connectivity index (χ0n) is 14.8. The second-order valence-corrected chi connectivity index (χ2v) is 7.05. The smallest absolute Gasteiger partial charge is 0.274 e. The van der Waals surface area contributed by atoms with Gasteiger partial charge in [-0.05, 0) is 36.8 Å². The van der Waals surface area contributed by atoms with Crippen LogP contribution in [0.25, 0.3) is 0 Å². The molecule has 0 saturated heterocycles. The number of carbonyl (C=O) groups excluding carboxylic acids is 1. The first-order chi connectivity index (χ1) is 12.6. The highest BCUT2D eigenvalue weighted by molar-refractivity contribution is 7.99. The minimum atomic E-state index is -0.243. The van der Waals surface area contributed by atoms with E-state index in [9.17, 15) is 4.79 Å². The van der Waals surface area contributed by atoms with Gasteiger partial charge in [-0.25, -0.2) is 0 Å². The lowest BCUT2D eigenvalue weighted by molar-refractivity contribution is 0.102. The van der Waals surface area contributed by atoms with Crippen molar-refractivity contribution in [3.8, 4) is 0 Å². The molecule has 0 aliphatic rings. The molecule has 0 aliphatic carbocycles. The maximum Gasteiger partial charge on any atom is 0.274 e. The monoisotopic (exact) mass is 368 g/mol. The number of aryl methyl sites for hydroxylation is 1. The van der Waals surface area contributed by atoms with Gasteiger partial charge in [0.15, 0.2) is 5.16 Å². The van der Waals surface area contributed by atoms with Crippen LogP contribution in [0.4, 0.5) is 11.4 Å². The normalized spacial score (nSPS) is 11.8. The molecule has 7 nitrogen and oxygen atoms in total. The first-order valence-corrected chi connectivity index (χ1v) is 9.00. The van der Waals surface area contributed by atoms with Crippen molar-refractivity contribution in [2.75, 3.05) is 17.7 Å². The number of carbonyl (C=O) groups is 1. The van der Waals surface area contributed by atoms with Crippen LogP contribution in [0.2, 0.25) is 0 Å². The number of benzene rings is 1. The topological polar surface area (TPSA) is 84.7 Å². The van der Waals surface area contributed by atoms with Crippen molar-refractivity contribution < 1.29 is 4.79 Å². The summed E-state index contributed by atoms with van der Waals surface area (Å²) in [4.78, 5) is 16.6. The summed E-state index contributed by atoms with van der Waals surface area (Å²) in [6, 6.07) is 11.3. The lowest BCUT2D eigenvalue weighted by Gasteiger charge is -2.13. The maximum absolute atomic E-state index is 12.4. The lowest BCUT2D eigenvalue weighted by atomic mass is 10.1. The number of nitrogens with one attached hydrogen (secondary N) is 2. The van der Waals surface area contributed by atoms with E-state index in [-0.39, 0.29) is 11.2 Å². The molecule has 1 unspecified atom stereocenters. The van der Waals surface area contributed by atoms with Crippen molar-refractivity contribution in [3.05, 3.63) is 60.2 Å². The SMILES string of the molecule is CNc1ccnc(C(=O)Nc2cccc(C(C)Sc3nncn3C)c2)c1. The van der Waals surface area contributed by atoms with Gasteiger partial charge in [-0.3, -0.25) is 9.78 Å². The number of hydrogen-bond donors (Lipinski definition) is 2. The maximum atomic E-state index is 12.4. The summed E-state index contributed by atoms with van der Waals surface area (Å²) < 4.78 is 1.88. The van der Waals surface area contributed by atoms with Crippen molar-refractivity contribution in [2.45, 2.75) is 17.3 Å². The second-order valence-electron chi connectivity index (χ2n) is 5.74. The average Bonchev–Trinajstić information content (AvgIpc) is 3.06. The fraction of sp³-hybridized carbons (Fsp3) is 0.222. The third-order valence-corrected chi connectivity index (χ3v) is 5.05. The Morgan fingerprint density at radius 3 is 2.81 bits per heavy atom.